The highest BCUT2D eigenvalue weighted by Crippen LogP contribution is 2.14. The largest absolute Gasteiger partial charge is 0.497 e. The highest BCUT2D eigenvalue weighted by atomic mass is 16.5. The van der Waals surface area contributed by atoms with Crippen molar-refractivity contribution in [1.29, 1.82) is 0 Å². The molecule has 120 valence electrons. The number of hydrogen-bond donors (Lipinski definition) is 1. The molecule has 0 spiro atoms. The first-order chi connectivity index (χ1) is 11.1. The Morgan fingerprint density at radius 2 is 1.74 bits per heavy atom. The fourth-order valence-corrected chi connectivity index (χ4v) is 1.87. The summed E-state index contributed by atoms with van der Waals surface area (Å²) in [6.45, 7) is 2.07. The van der Waals surface area contributed by atoms with Gasteiger partial charge in [0.05, 0.1) is 13.7 Å². The molecule has 23 heavy (non-hydrogen) atoms. The molecule has 1 atom stereocenters. The molecular weight excluding hydrogens is 294 g/mol. The lowest BCUT2D eigenvalue weighted by molar-refractivity contribution is -0.144. The Labute approximate surface area is 135 Å². The van der Waals surface area contributed by atoms with E-state index in [0.717, 1.165) is 16.9 Å². The molecule has 0 bridgehead atoms. The number of aliphatic imine (C=N–C) groups is 1. The monoisotopic (exact) mass is 313 g/mol. The zero-order chi connectivity index (χ0) is 16.7. The predicted octanol–water partition coefficient (Wildman–Crippen LogP) is 3.17. The minimum atomic E-state index is -0.991. The average Bonchev–Trinajstić information content (AvgIpc) is 2.57. The summed E-state index contributed by atoms with van der Waals surface area (Å²) in [5, 5.41) is 8.80. The van der Waals surface area contributed by atoms with Crippen LogP contribution in [0, 0.1) is 0 Å². The average molecular weight is 313 g/mol. The van der Waals surface area contributed by atoms with Gasteiger partial charge >= 0.3 is 5.97 Å². The zero-order valence-corrected chi connectivity index (χ0v) is 13.1. The van der Waals surface area contributed by atoms with Gasteiger partial charge in [0.25, 0.3) is 0 Å². The van der Waals surface area contributed by atoms with Crippen molar-refractivity contribution in [2.45, 2.75) is 19.6 Å². The second-order valence-corrected chi connectivity index (χ2v) is 4.99. The molecular formula is C18H19NO4. The van der Waals surface area contributed by atoms with E-state index >= 15 is 0 Å². The number of carbonyl (C=O) groups is 1. The fraction of sp³-hybridized carbons (Fsp3) is 0.222. The van der Waals surface area contributed by atoms with E-state index in [1.54, 1.807) is 25.5 Å². The molecule has 2 aromatic rings. The number of nitrogens with zero attached hydrogens (tertiary/aromatic N) is 1. The molecule has 0 saturated heterocycles. The Morgan fingerprint density at radius 3 is 2.30 bits per heavy atom. The first kappa shape index (κ1) is 16.5. The first-order valence-corrected chi connectivity index (χ1v) is 7.21. The maximum Gasteiger partial charge on any atom is 0.344 e. The summed E-state index contributed by atoms with van der Waals surface area (Å²) < 4.78 is 10.4. The van der Waals surface area contributed by atoms with Crippen LogP contribution in [-0.4, -0.2) is 30.5 Å². The van der Waals surface area contributed by atoms with Crippen LogP contribution in [0.15, 0.2) is 53.5 Å². The zero-order valence-electron chi connectivity index (χ0n) is 13.1. The van der Waals surface area contributed by atoms with Gasteiger partial charge in [0, 0.05) is 6.21 Å². The van der Waals surface area contributed by atoms with Crippen LogP contribution < -0.4 is 9.47 Å². The summed E-state index contributed by atoms with van der Waals surface area (Å²) in [6, 6.07) is 14.9. The van der Waals surface area contributed by atoms with Crippen LogP contribution >= 0.6 is 0 Å². The van der Waals surface area contributed by atoms with Crippen LogP contribution in [0.2, 0.25) is 0 Å². The van der Waals surface area contributed by atoms with Gasteiger partial charge in [-0.1, -0.05) is 12.1 Å². The second-order valence-electron chi connectivity index (χ2n) is 4.99. The Bertz CT molecular complexity index is 662. The molecule has 0 fully saturated rings. The summed E-state index contributed by atoms with van der Waals surface area (Å²) in [5.41, 5.74) is 2.02. The highest BCUT2D eigenvalue weighted by molar-refractivity contribution is 5.79. The lowest BCUT2D eigenvalue weighted by atomic mass is 10.2. The molecule has 0 aromatic heterocycles. The van der Waals surface area contributed by atoms with E-state index in [0.29, 0.717) is 12.3 Å². The molecule has 0 heterocycles. The van der Waals surface area contributed by atoms with E-state index in [1.807, 2.05) is 36.4 Å². The number of benzene rings is 2. The maximum absolute atomic E-state index is 10.7. The van der Waals surface area contributed by atoms with Crippen molar-refractivity contribution in [1.82, 2.24) is 0 Å². The Kier molecular flexibility index (Phi) is 5.74. The number of methoxy groups -OCH3 is 1. The summed E-state index contributed by atoms with van der Waals surface area (Å²) in [6.07, 6.45) is 0.902. The van der Waals surface area contributed by atoms with Crippen LogP contribution in [0.4, 0.5) is 0 Å². The molecule has 0 aliphatic carbocycles. The van der Waals surface area contributed by atoms with Gasteiger partial charge in [-0.2, -0.15) is 0 Å². The molecule has 0 radical (unpaired) electrons. The lowest BCUT2D eigenvalue weighted by Crippen LogP contribution is -2.22. The van der Waals surface area contributed by atoms with Gasteiger partial charge in [-0.05, 0) is 54.4 Å². The Hall–Kier alpha value is -2.82. The van der Waals surface area contributed by atoms with Crippen molar-refractivity contribution in [3.8, 4) is 11.5 Å². The van der Waals surface area contributed by atoms with Crippen molar-refractivity contribution < 1.29 is 19.4 Å². The third-order valence-electron chi connectivity index (χ3n) is 3.21. The molecule has 0 unspecified atom stereocenters. The van der Waals surface area contributed by atoms with Crippen LogP contribution in [0.25, 0.3) is 0 Å². The smallest absolute Gasteiger partial charge is 0.344 e. The number of carboxylic acids is 1. The van der Waals surface area contributed by atoms with E-state index < -0.39 is 12.1 Å². The van der Waals surface area contributed by atoms with Gasteiger partial charge < -0.3 is 14.6 Å². The molecule has 5 heteroatoms. The Morgan fingerprint density at radius 1 is 1.13 bits per heavy atom. The maximum atomic E-state index is 10.7. The van der Waals surface area contributed by atoms with Crippen LogP contribution in [0.5, 0.6) is 11.5 Å². The predicted molar refractivity (Wildman–Crippen MR) is 88.5 cm³/mol. The van der Waals surface area contributed by atoms with Crippen molar-refractivity contribution >= 4 is 12.2 Å². The summed E-state index contributed by atoms with van der Waals surface area (Å²) >= 11 is 0. The third-order valence-corrected chi connectivity index (χ3v) is 3.21. The quantitative estimate of drug-likeness (QED) is 0.797. The van der Waals surface area contributed by atoms with E-state index in [-0.39, 0.29) is 0 Å². The molecule has 0 aliphatic heterocycles. The van der Waals surface area contributed by atoms with Gasteiger partial charge in [-0.3, -0.25) is 4.99 Å². The first-order valence-electron chi connectivity index (χ1n) is 7.21. The molecule has 2 rings (SSSR count). The normalized spacial score (nSPS) is 12.1. The van der Waals surface area contributed by atoms with E-state index in [2.05, 4.69) is 4.99 Å². The second kappa shape index (κ2) is 7.98. The molecule has 0 aliphatic rings. The lowest BCUT2D eigenvalue weighted by Gasteiger charge is -2.09. The topological polar surface area (TPSA) is 68.1 Å². The van der Waals surface area contributed by atoms with Gasteiger partial charge in [-0.15, -0.1) is 0 Å². The SMILES string of the molecule is COc1ccc(CN=Cc2ccc(O[C@@H](C)C(=O)O)cc2)cc1. The van der Waals surface area contributed by atoms with Crippen LogP contribution in [0.3, 0.4) is 0 Å². The van der Waals surface area contributed by atoms with Gasteiger partial charge in [-0.25, -0.2) is 4.79 Å². The summed E-state index contributed by atoms with van der Waals surface area (Å²) in [4.78, 5) is 15.1. The number of carboxylic acid groups (broad SMARTS) is 1. The standard InChI is InChI=1S/C18H19NO4/c1-13(18(20)21)23-17-9-5-15(6-10-17)12-19-11-14-3-7-16(22-2)8-4-14/h3-10,12-13H,11H2,1-2H3,(H,20,21)/t13-/m0/s1. The van der Waals surface area contributed by atoms with E-state index in [9.17, 15) is 4.79 Å². The molecule has 1 N–H and O–H groups in total. The Balaban J connectivity index is 1.90. The van der Waals surface area contributed by atoms with Gasteiger partial charge in [0.2, 0.25) is 0 Å². The number of hydrogen-bond acceptors (Lipinski definition) is 4. The van der Waals surface area contributed by atoms with E-state index in [4.69, 9.17) is 14.6 Å². The van der Waals surface area contributed by atoms with Gasteiger partial charge in [0.1, 0.15) is 11.5 Å². The van der Waals surface area contributed by atoms with Crippen molar-refractivity contribution in [2.75, 3.05) is 7.11 Å². The van der Waals surface area contributed by atoms with E-state index in [1.165, 1.54) is 6.92 Å². The van der Waals surface area contributed by atoms with Crippen molar-refractivity contribution in [2.24, 2.45) is 4.99 Å². The van der Waals surface area contributed by atoms with Gasteiger partial charge in [0.15, 0.2) is 6.10 Å². The van der Waals surface area contributed by atoms with Crippen LogP contribution in [-0.2, 0) is 11.3 Å². The van der Waals surface area contributed by atoms with Crippen LogP contribution in [0.1, 0.15) is 18.1 Å². The molecule has 5 nitrogen and oxygen atoms in total. The number of aliphatic carboxylic acids is 1. The van der Waals surface area contributed by atoms with Crippen molar-refractivity contribution in [3.63, 3.8) is 0 Å². The highest BCUT2D eigenvalue weighted by Gasteiger charge is 2.11. The minimum Gasteiger partial charge on any atom is -0.497 e. The fourth-order valence-electron chi connectivity index (χ4n) is 1.87. The summed E-state index contributed by atoms with van der Waals surface area (Å²) in [7, 11) is 1.64. The number of ether oxygens (including phenoxy) is 2. The molecule has 0 amide bonds. The number of rotatable bonds is 7. The van der Waals surface area contributed by atoms with Crippen molar-refractivity contribution in [3.05, 3.63) is 59.7 Å². The molecule has 0 saturated carbocycles. The summed E-state index contributed by atoms with van der Waals surface area (Å²) in [5.74, 6) is 0.353. The molecule has 2 aromatic carbocycles. The minimum absolute atomic E-state index is 0.521. The third kappa shape index (κ3) is 5.14.